The van der Waals surface area contributed by atoms with Gasteiger partial charge in [-0.2, -0.15) is 0 Å². The molecule has 8 rings (SSSR count). The molecule has 6 atom stereocenters. The van der Waals surface area contributed by atoms with Crippen LogP contribution in [0.25, 0.3) is 16.8 Å². The second-order valence-corrected chi connectivity index (χ2v) is 18.1. The molecule has 3 aliphatic carbocycles. The van der Waals surface area contributed by atoms with E-state index in [2.05, 4.69) is 34.1 Å². The Morgan fingerprint density at radius 2 is 1.75 bits per heavy atom. The van der Waals surface area contributed by atoms with Gasteiger partial charge in [-0.05, 0) is 80.2 Å². The maximum atomic E-state index is 14.9. The molecule has 3 saturated carbocycles. The van der Waals surface area contributed by atoms with Crippen LogP contribution < -0.4 is 20.1 Å². The Kier molecular flexibility index (Phi) is 10.4. The van der Waals surface area contributed by atoms with Gasteiger partial charge in [0.15, 0.2) is 0 Å². The van der Waals surface area contributed by atoms with Crippen LogP contribution >= 0.6 is 0 Å². The lowest BCUT2D eigenvalue weighted by Crippen LogP contribution is -2.59. The first-order valence-electron chi connectivity index (χ1n) is 19.9. The Bertz CT molecular complexity index is 1990. The quantitative estimate of drug-likeness (QED) is 0.356. The van der Waals surface area contributed by atoms with Crippen LogP contribution in [0.4, 0.5) is 4.79 Å². The summed E-state index contributed by atoms with van der Waals surface area (Å²) in [4.78, 5) is 59.9. The number of urea groups is 1. The van der Waals surface area contributed by atoms with Gasteiger partial charge >= 0.3 is 6.03 Å². The SMILES string of the molecule is C=CC1C[C@]1(NC(=O)[C@@H]1C[C@@H]2CN1C(=O)[C@H](C1CCCC1)NC(=O)N1CC[C@@H](C1)OCCC/C=C/c1cc3ccccc3cc1O2)C(=O)NS(=O)(=O)C1CC1. The minimum atomic E-state index is -3.88. The van der Waals surface area contributed by atoms with E-state index in [1.807, 2.05) is 36.4 Å². The number of carbonyl (C=O) groups excluding carboxylic acids is 4. The highest BCUT2D eigenvalue weighted by Gasteiger charge is 2.62. The third kappa shape index (κ3) is 7.85. The number of ether oxygens (including phenoxy) is 2. The normalized spacial score (nSPS) is 31.0. The van der Waals surface area contributed by atoms with Crippen molar-refractivity contribution < 1.29 is 37.1 Å². The zero-order valence-electron chi connectivity index (χ0n) is 31.1. The molecule has 0 aromatic heterocycles. The molecule has 5 fully saturated rings. The summed E-state index contributed by atoms with van der Waals surface area (Å²) in [5.74, 6) is -1.74. The lowest BCUT2D eigenvalue weighted by atomic mass is 9.96. The van der Waals surface area contributed by atoms with E-state index in [-0.39, 0.29) is 43.3 Å². The standard InChI is InChI=1S/C41H51N5O8S/c1-2-30-23-41(30,39(49)44-55(51,52)33-15-16-33)43-37(47)34-22-32-25-46(34)38(48)36(26-10-5-6-11-26)42-40(50)45-18-17-31(24-45)53-19-9-3-4-14-29-20-27-12-7-8-13-28(27)21-35(29)54-32/h2,4,7-8,12-14,20-21,26,30-34,36H,1,3,5-6,9-11,15-19,22-25H2,(H,42,50)(H,43,47)(H,44,49)/b14-4+/t30?,31-,32+,34-,36-,41+/m0/s1. The molecule has 0 radical (unpaired) electrons. The Balaban J connectivity index is 1.12. The molecular formula is C41H51N5O8S. The van der Waals surface area contributed by atoms with Crippen LogP contribution in [0.15, 0.2) is 55.1 Å². The summed E-state index contributed by atoms with van der Waals surface area (Å²) < 4.78 is 40.6. The topological polar surface area (TPSA) is 163 Å². The lowest BCUT2D eigenvalue weighted by molar-refractivity contribution is -0.142. The molecule has 13 nitrogen and oxygen atoms in total. The first kappa shape index (κ1) is 37.5. The second kappa shape index (κ2) is 15.2. The number of carbonyl (C=O) groups is 4. The predicted octanol–water partition coefficient (Wildman–Crippen LogP) is 4.02. The van der Waals surface area contributed by atoms with Gasteiger partial charge < -0.3 is 29.9 Å². The van der Waals surface area contributed by atoms with Gasteiger partial charge in [0.2, 0.25) is 21.8 Å². The zero-order valence-corrected chi connectivity index (χ0v) is 31.9. The molecule has 14 heteroatoms. The first-order valence-corrected chi connectivity index (χ1v) is 21.4. The number of hydrogen-bond donors (Lipinski definition) is 3. The van der Waals surface area contributed by atoms with E-state index < -0.39 is 56.7 Å². The molecule has 4 bridgehead atoms. The molecule has 55 heavy (non-hydrogen) atoms. The fourth-order valence-corrected chi connectivity index (χ4v) is 10.2. The van der Waals surface area contributed by atoms with Crippen molar-refractivity contribution in [1.82, 2.24) is 25.2 Å². The van der Waals surface area contributed by atoms with Crippen molar-refractivity contribution in [3.8, 4) is 5.75 Å². The van der Waals surface area contributed by atoms with Crippen molar-refractivity contribution in [3.63, 3.8) is 0 Å². The molecule has 0 spiro atoms. The molecule has 294 valence electrons. The summed E-state index contributed by atoms with van der Waals surface area (Å²) >= 11 is 0. The number of sulfonamides is 1. The van der Waals surface area contributed by atoms with E-state index in [9.17, 15) is 27.6 Å². The average molecular weight is 774 g/mol. The molecule has 6 aliphatic rings. The van der Waals surface area contributed by atoms with Crippen molar-refractivity contribution in [2.45, 2.75) is 106 Å². The van der Waals surface area contributed by atoms with Crippen LogP contribution in [0.3, 0.4) is 0 Å². The van der Waals surface area contributed by atoms with Crippen LogP contribution in [-0.4, -0.2) is 103 Å². The number of benzene rings is 2. The van der Waals surface area contributed by atoms with E-state index in [0.717, 1.165) is 54.9 Å². The number of nitrogens with zero attached hydrogens (tertiary/aromatic N) is 2. The van der Waals surface area contributed by atoms with E-state index in [1.165, 1.54) is 4.90 Å². The second-order valence-electron chi connectivity index (χ2n) is 16.1. The summed E-state index contributed by atoms with van der Waals surface area (Å²) in [7, 11) is -3.88. The summed E-state index contributed by atoms with van der Waals surface area (Å²) in [6.07, 6.45) is 11.9. The molecule has 2 aromatic rings. The van der Waals surface area contributed by atoms with Gasteiger partial charge in [-0.3, -0.25) is 19.1 Å². The van der Waals surface area contributed by atoms with Crippen molar-refractivity contribution >= 4 is 50.6 Å². The van der Waals surface area contributed by atoms with Crippen LogP contribution in [0.1, 0.15) is 76.2 Å². The highest BCUT2D eigenvalue weighted by molar-refractivity contribution is 7.91. The van der Waals surface area contributed by atoms with E-state index in [1.54, 1.807) is 11.0 Å². The molecule has 3 N–H and O–H groups in total. The van der Waals surface area contributed by atoms with Gasteiger partial charge in [0.05, 0.1) is 17.9 Å². The third-order valence-corrected chi connectivity index (χ3v) is 14.1. The largest absolute Gasteiger partial charge is 0.488 e. The Morgan fingerprint density at radius 3 is 2.47 bits per heavy atom. The Morgan fingerprint density at radius 1 is 0.982 bits per heavy atom. The van der Waals surface area contributed by atoms with Gasteiger partial charge in [0, 0.05) is 37.6 Å². The first-order chi connectivity index (χ1) is 26.5. The molecular weight excluding hydrogens is 723 g/mol. The maximum Gasteiger partial charge on any atom is 0.318 e. The fraction of sp³-hybridized carbons (Fsp3) is 0.561. The van der Waals surface area contributed by atoms with Gasteiger partial charge in [0.1, 0.15) is 29.5 Å². The van der Waals surface area contributed by atoms with Crippen molar-refractivity contribution in [2.24, 2.45) is 11.8 Å². The molecule has 5 amide bonds. The number of amides is 5. The van der Waals surface area contributed by atoms with Gasteiger partial charge in [-0.15, -0.1) is 6.58 Å². The molecule has 3 heterocycles. The summed E-state index contributed by atoms with van der Waals surface area (Å²) in [6, 6.07) is 9.80. The summed E-state index contributed by atoms with van der Waals surface area (Å²) in [6.45, 7) is 5.42. The zero-order chi connectivity index (χ0) is 38.3. The predicted molar refractivity (Wildman–Crippen MR) is 206 cm³/mol. The molecule has 2 aromatic carbocycles. The van der Waals surface area contributed by atoms with Crippen molar-refractivity contribution in [1.29, 1.82) is 0 Å². The van der Waals surface area contributed by atoms with Crippen LogP contribution in [0.2, 0.25) is 0 Å². The number of allylic oxidation sites excluding steroid dienone is 1. The fourth-order valence-electron chi connectivity index (χ4n) is 8.83. The summed E-state index contributed by atoms with van der Waals surface area (Å²) in [5, 5.41) is 7.37. The van der Waals surface area contributed by atoms with Gasteiger partial charge in [-0.1, -0.05) is 55.3 Å². The molecule has 1 unspecified atom stereocenters. The number of nitrogens with one attached hydrogen (secondary N) is 3. The maximum absolute atomic E-state index is 14.9. The number of hydrogen-bond acceptors (Lipinski definition) is 8. The van der Waals surface area contributed by atoms with Crippen LogP contribution in [0.5, 0.6) is 5.75 Å². The Hall–Kier alpha value is -4.43. The smallest absolute Gasteiger partial charge is 0.318 e. The van der Waals surface area contributed by atoms with Crippen molar-refractivity contribution in [2.75, 3.05) is 26.2 Å². The highest BCUT2D eigenvalue weighted by Crippen LogP contribution is 2.46. The van der Waals surface area contributed by atoms with E-state index >= 15 is 0 Å². The van der Waals surface area contributed by atoms with Crippen LogP contribution in [-0.2, 0) is 29.1 Å². The number of rotatable bonds is 7. The summed E-state index contributed by atoms with van der Waals surface area (Å²) in [5.41, 5.74) is -0.645. The molecule has 2 saturated heterocycles. The van der Waals surface area contributed by atoms with Gasteiger partial charge in [0.25, 0.3) is 5.91 Å². The average Bonchev–Trinajstić information content (AvgIpc) is 3.94. The van der Waals surface area contributed by atoms with E-state index in [0.29, 0.717) is 44.7 Å². The Labute approximate surface area is 322 Å². The lowest BCUT2D eigenvalue weighted by Gasteiger charge is -2.33. The number of fused-ring (bicyclic) bond motifs is 6. The minimum Gasteiger partial charge on any atom is -0.488 e. The van der Waals surface area contributed by atoms with Gasteiger partial charge in [-0.25, -0.2) is 13.2 Å². The van der Waals surface area contributed by atoms with Crippen molar-refractivity contribution in [3.05, 3.63) is 60.7 Å². The third-order valence-electron chi connectivity index (χ3n) is 12.3. The van der Waals surface area contributed by atoms with Crippen LogP contribution in [0, 0.1) is 11.8 Å². The molecule has 3 aliphatic heterocycles. The highest BCUT2D eigenvalue weighted by atomic mass is 32.2. The van der Waals surface area contributed by atoms with E-state index in [4.69, 9.17) is 9.47 Å². The monoisotopic (exact) mass is 773 g/mol. The minimum absolute atomic E-state index is 0.0752.